The largest absolute Gasteiger partial charge is 0.362 e. The standard InChI is InChI=1S/C25H29N5OS/c1-4-18-9-5-6-10-20(18)28-22(31)12-14-30-24(19-15-16(2)27-17(19)3)23(29-25(30)32)21-11-7-8-13-26-21/h5-11,13,15,23-24,27H,4,12,14H2,1-3H3,(H,28,31)(H,29,32)/t23-,24-/m0/s1. The fraction of sp³-hybridized carbons (Fsp3) is 0.320. The first-order chi connectivity index (χ1) is 15.5. The first-order valence-corrected chi connectivity index (χ1v) is 11.4. The number of rotatable bonds is 7. The first kappa shape index (κ1) is 22.0. The van der Waals surface area contributed by atoms with Gasteiger partial charge in [-0.1, -0.05) is 31.2 Å². The summed E-state index contributed by atoms with van der Waals surface area (Å²) < 4.78 is 0. The van der Waals surface area contributed by atoms with Crippen molar-refractivity contribution >= 4 is 28.9 Å². The van der Waals surface area contributed by atoms with Gasteiger partial charge in [-0.25, -0.2) is 0 Å². The number of carbonyl (C=O) groups is 1. The molecule has 3 heterocycles. The van der Waals surface area contributed by atoms with Gasteiger partial charge in [0.1, 0.15) is 0 Å². The van der Waals surface area contributed by atoms with Gasteiger partial charge in [-0.15, -0.1) is 0 Å². The minimum atomic E-state index is -0.0820. The Morgan fingerprint density at radius 2 is 1.97 bits per heavy atom. The molecule has 6 nitrogen and oxygen atoms in total. The zero-order valence-electron chi connectivity index (χ0n) is 18.7. The van der Waals surface area contributed by atoms with Crippen molar-refractivity contribution in [1.82, 2.24) is 20.2 Å². The molecule has 4 rings (SSSR count). The number of aromatic nitrogens is 2. The van der Waals surface area contributed by atoms with Gasteiger partial charge < -0.3 is 20.5 Å². The molecule has 32 heavy (non-hydrogen) atoms. The van der Waals surface area contributed by atoms with Gasteiger partial charge in [0, 0.05) is 36.2 Å². The van der Waals surface area contributed by atoms with E-state index in [1.165, 1.54) is 5.56 Å². The molecule has 1 aliphatic heterocycles. The number of nitrogens with zero attached hydrogens (tertiary/aromatic N) is 2. The highest BCUT2D eigenvalue weighted by atomic mass is 32.1. The summed E-state index contributed by atoms with van der Waals surface area (Å²) in [5, 5.41) is 7.16. The lowest BCUT2D eigenvalue weighted by Gasteiger charge is -2.27. The molecule has 0 bridgehead atoms. The Morgan fingerprint density at radius 1 is 1.19 bits per heavy atom. The second-order valence-corrected chi connectivity index (χ2v) is 8.55. The topological polar surface area (TPSA) is 73.1 Å². The van der Waals surface area contributed by atoms with Crippen LogP contribution < -0.4 is 10.6 Å². The van der Waals surface area contributed by atoms with Crippen LogP contribution in [-0.4, -0.2) is 32.4 Å². The fourth-order valence-electron chi connectivity index (χ4n) is 4.42. The third-order valence-corrected chi connectivity index (χ3v) is 6.31. The molecule has 2 atom stereocenters. The van der Waals surface area contributed by atoms with Crippen molar-refractivity contribution in [1.29, 1.82) is 0 Å². The average Bonchev–Trinajstić information content (AvgIpc) is 3.30. The highest BCUT2D eigenvalue weighted by Crippen LogP contribution is 2.40. The molecule has 1 aliphatic rings. The highest BCUT2D eigenvalue weighted by molar-refractivity contribution is 7.80. The molecule has 1 saturated heterocycles. The molecule has 2 aromatic heterocycles. The third kappa shape index (κ3) is 4.53. The van der Waals surface area contributed by atoms with Gasteiger partial charge in [-0.2, -0.15) is 0 Å². The van der Waals surface area contributed by atoms with E-state index in [1.807, 2.05) is 42.5 Å². The molecule has 0 unspecified atom stereocenters. The predicted molar refractivity (Wildman–Crippen MR) is 131 cm³/mol. The number of H-pyrrole nitrogens is 1. The maximum absolute atomic E-state index is 12.8. The van der Waals surface area contributed by atoms with Gasteiger partial charge in [0.05, 0.1) is 17.8 Å². The Kier molecular flexibility index (Phi) is 6.55. The lowest BCUT2D eigenvalue weighted by molar-refractivity contribution is -0.116. The van der Waals surface area contributed by atoms with E-state index >= 15 is 0 Å². The molecule has 0 saturated carbocycles. The summed E-state index contributed by atoms with van der Waals surface area (Å²) in [5.41, 5.74) is 6.31. The molecule has 0 spiro atoms. The van der Waals surface area contributed by atoms with Crippen LogP contribution in [0.3, 0.4) is 0 Å². The molecule has 0 aliphatic carbocycles. The number of hydrogen-bond acceptors (Lipinski definition) is 3. The maximum Gasteiger partial charge on any atom is 0.226 e. The van der Waals surface area contributed by atoms with Crippen molar-refractivity contribution in [2.24, 2.45) is 0 Å². The number of aromatic amines is 1. The molecular formula is C25H29N5OS. The van der Waals surface area contributed by atoms with Crippen molar-refractivity contribution in [2.75, 3.05) is 11.9 Å². The van der Waals surface area contributed by atoms with Crippen LogP contribution in [0.5, 0.6) is 0 Å². The zero-order valence-corrected chi connectivity index (χ0v) is 19.5. The van der Waals surface area contributed by atoms with E-state index in [4.69, 9.17) is 12.2 Å². The van der Waals surface area contributed by atoms with Gasteiger partial charge in [-0.05, 0) is 67.9 Å². The SMILES string of the molecule is CCc1ccccc1NC(=O)CCN1C(=S)N[C@@H](c2ccccn2)[C@@H]1c1cc(C)[nH]c1C. The van der Waals surface area contributed by atoms with Gasteiger partial charge >= 0.3 is 0 Å². The Bertz CT molecular complexity index is 1110. The fourth-order valence-corrected chi connectivity index (χ4v) is 4.75. The molecule has 3 N–H and O–H groups in total. The van der Waals surface area contributed by atoms with Gasteiger partial charge in [-0.3, -0.25) is 9.78 Å². The van der Waals surface area contributed by atoms with Crippen LogP contribution in [0, 0.1) is 13.8 Å². The number of aryl methyl sites for hydroxylation is 3. The summed E-state index contributed by atoms with van der Waals surface area (Å²) in [4.78, 5) is 22.9. The Labute approximate surface area is 194 Å². The number of nitrogens with one attached hydrogen (secondary N) is 3. The first-order valence-electron chi connectivity index (χ1n) is 11.0. The van der Waals surface area contributed by atoms with E-state index in [0.717, 1.165) is 34.8 Å². The van der Waals surface area contributed by atoms with Crippen LogP contribution >= 0.6 is 12.2 Å². The molecule has 166 valence electrons. The highest BCUT2D eigenvalue weighted by Gasteiger charge is 2.40. The number of anilines is 1. The number of thiocarbonyl (C=S) groups is 1. The molecule has 1 fully saturated rings. The van der Waals surface area contributed by atoms with Gasteiger partial charge in [0.2, 0.25) is 5.91 Å². The van der Waals surface area contributed by atoms with Crippen molar-refractivity contribution in [3.8, 4) is 0 Å². The maximum atomic E-state index is 12.8. The third-order valence-electron chi connectivity index (χ3n) is 5.96. The number of benzene rings is 1. The summed E-state index contributed by atoms with van der Waals surface area (Å²) in [6, 6.07) is 15.9. The second-order valence-electron chi connectivity index (χ2n) is 8.16. The van der Waals surface area contributed by atoms with Gasteiger partial charge in [0.25, 0.3) is 0 Å². The smallest absolute Gasteiger partial charge is 0.226 e. The minimum absolute atomic E-state index is 0.0179. The van der Waals surface area contributed by atoms with E-state index in [1.54, 1.807) is 6.20 Å². The normalized spacial score (nSPS) is 18.0. The lowest BCUT2D eigenvalue weighted by atomic mass is 9.96. The van der Waals surface area contributed by atoms with E-state index in [9.17, 15) is 4.79 Å². The molecule has 3 aromatic rings. The van der Waals surface area contributed by atoms with Crippen molar-refractivity contribution < 1.29 is 4.79 Å². The summed E-state index contributed by atoms with van der Waals surface area (Å²) >= 11 is 5.71. The predicted octanol–water partition coefficient (Wildman–Crippen LogP) is 4.59. The summed E-state index contributed by atoms with van der Waals surface area (Å²) in [6.07, 6.45) is 3.01. The Balaban J connectivity index is 1.55. The molecule has 0 radical (unpaired) electrons. The minimum Gasteiger partial charge on any atom is -0.362 e. The van der Waals surface area contributed by atoms with Crippen LogP contribution in [0.4, 0.5) is 5.69 Å². The second kappa shape index (κ2) is 9.53. The Hall–Kier alpha value is -3.19. The number of carbonyl (C=O) groups excluding carboxylic acids is 1. The molecule has 7 heteroatoms. The van der Waals surface area contributed by atoms with Crippen molar-refractivity contribution in [3.63, 3.8) is 0 Å². The molecule has 1 aromatic carbocycles. The van der Waals surface area contributed by atoms with Gasteiger partial charge in [0.15, 0.2) is 5.11 Å². The zero-order chi connectivity index (χ0) is 22.7. The van der Waals surface area contributed by atoms with Crippen molar-refractivity contribution in [3.05, 3.63) is 82.9 Å². The summed E-state index contributed by atoms with van der Waals surface area (Å²) in [7, 11) is 0. The Morgan fingerprint density at radius 3 is 2.66 bits per heavy atom. The van der Waals surface area contributed by atoms with E-state index in [0.29, 0.717) is 18.1 Å². The average molecular weight is 448 g/mol. The molecular weight excluding hydrogens is 418 g/mol. The van der Waals surface area contributed by atoms with E-state index in [2.05, 4.69) is 52.3 Å². The van der Waals surface area contributed by atoms with Crippen LogP contribution in [0.25, 0.3) is 0 Å². The number of amides is 1. The summed E-state index contributed by atoms with van der Waals surface area (Å²) in [6.45, 7) is 6.73. The van der Waals surface area contributed by atoms with Crippen LogP contribution in [-0.2, 0) is 11.2 Å². The summed E-state index contributed by atoms with van der Waals surface area (Å²) in [5.74, 6) is -0.0179. The van der Waals surface area contributed by atoms with Crippen LogP contribution in [0.15, 0.2) is 54.7 Å². The number of para-hydroxylation sites is 1. The van der Waals surface area contributed by atoms with E-state index < -0.39 is 0 Å². The quantitative estimate of drug-likeness (QED) is 0.462. The number of pyridine rings is 1. The van der Waals surface area contributed by atoms with Crippen LogP contribution in [0.2, 0.25) is 0 Å². The molecule has 1 amide bonds. The van der Waals surface area contributed by atoms with Crippen LogP contribution in [0.1, 0.15) is 53.6 Å². The monoisotopic (exact) mass is 447 g/mol. The number of hydrogen-bond donors (Lipinski definition) is 3. The lowest BCUT2D eigenvalue weighted by Crippen LogP contribution is -2.32. The van der Waals surface area contributed by atoms with Crippen molar-refractivity contribution in [2.45, 2.75) is 45.7 Å². The van der Waals surface area contributed by atoms with E-state index in [-0.39, 0.29) is 18.0 Å².